The number of H-pyrrole nitrogens is 2. The third-order valence-corrected chi connectivity index (χ3v) is 13.0. The highest BCUT2D eigenvalue weighted by molar-refractivity contribution is 5.98. The molecular weight excluding hydrogens is 901 g/mol. The van der Waals surface area contributed by atoms with Crippen LogP contribution in [-0.4, -0.2) is 50.8 Å². The number of carbonyl (C=O) groups is 1. The minimum Gasteiger partial charge on any atom is -0.428 e. The maximum absolute atomic E-state index is 12.8. The number of aromatic amines is 2. The molecule has 2 aliphatic heterocycles. The largest absolute Gasteiger partial charge is 0.514 e. The van der Waals surface area contributed by atoms with Gasteiger partial charge in [-0.2, -0.15) is 0 Å². The number of pyridine rings is 1. The molecule has 2 N–H and O–H groups in total. The molecule has 8 bridgehead atoms. The molecule has 0 atom stereocenters. The van der Waals surface area contributed by atoms with E-state index in [4.69, 9.17) is 19.4 Å². The maximum atomic E-state index is 12.8. The minimum atomic E-state index is -0.808. The molecule has 0 saturated heterocycles. The Morgan fingerprint density at radius 2 is 1.07 bits per heavy atom. The second-order valence-electron chi connectivity index (χ2n) is 20.1. The van der Waals surface area contributed by atoms with Crippen LogP contribution in [0.3, 0.4) is 0 Å². The van der Waals surface area contributed by atoms with E-state index in [2.05, 4.69) is 176 Å². The lowest BCUT2D eigenvalue weighted by atomic mass is 9.92. The zero-order chi connectivity index (χ0) is 51.3. The summed E-state index contributed by atoms with van der Waals surface area (Å²) in [6.45, 7) is 18.3. The second-order valence-corrected chi connectivity index (χ2v) is 20.1. The van der Waals surface area contributed by atoms with Gasteiger partial charge in [0, 0.05) is 64.7 Å². The molecule has 360 valence electrons. The van der Waals surface area contributed by atoms with Gasteiger partial charge in [0.05, 0.1) is 44.9 Å². The van der Waals surface area contributed by atoms with Crippen molar-refractivity contribution in [1.82, 2.24) is 24.9 Å². The number of aryl methyl sites for hydroxylation is 6. The number of anilines is 1. The summed E-state index contributed by atoms with van der Waals surface area (Å²) in [7, 11) is 4.07. The molecule has 0 amide bonds. The Balaban J connectivity index is 1.29. The standard InChI is InChI=1S/C64H56N6O3/c1-37-33-39(3)58(40(4)34-37)60-53-27-23-49(66-53)47(21-16-43-14-19-45(20-15-43)70(10)11)50-24-28-54(67-50)61(59-41(5)35-38(2)36-42(59)6)56-30-26-52(69-56)48(51-25-29-55(60)68-51)22-17-44-18-31-57(62-46(44)13-12-32-65-62)72-63(71)73-64(7,8)9/h12-15,18-20,23-36,66,68H,1-11H3. The number of hydrogen-bond donors (Lipinski definition) is 2. The van der Waals surface area contributed by atoms with Crippen LogP contribution in [0.5, 0.6) is 5.75 Å². The number of rotatable bonds is 4. The molecule has 9 nitrogen and oxygen atoms in total. The molecule has 8 aromatic rings. The molecule has 73 heavy (non-hydrogen) atoms. The topological polar surface area (TPSA) is 109 Å². The van der Waals surface area contributed by atoms with Gasteiger partial charge in [0.1, 0.15) is 11.1 Å². The van der Waals surface area contributed by atoms with Crippen LogP contribution >= 0.6 is 0 Å². The van der Waals surface area contributed by atoms with Crippen molar-refractivity contribution in [2.24, 2.45) is 0 Å². The van der Waals surface area contributed by atoms with Gasteiger partial charge in [0.15, 0.2) is 5.75 Å². The van der Waals surface area contributed by atoms with E-state index in [1.165, 1.54) is 11.1 Å². The van der Waals surface area contributed by atoms with Gasteiger partial charge in [-0.05, 0) is 193 Å². The molecule has 0 radical (unpaired) electrons. The summed E-state index contributed by atoms with van der Waals surface area (Å²) >= 11 is 0. The van der Waals surface area contributed by atoms with Crippen molar-refractivity contribution < 1.29 is 14.3 Å². The Hall–Kier alpha value is -8.92. The van der Waals surface area contributed by atoms with Crippen molar-refractivity contribution in [2.75, 3.05) is 19.0 Å². The summed E-state index contributed by atoms with van der Waals surface area (Å²) < 4.78 is 11.2. The van der Waals surface area contributed by atoms with E-state index in [1.807, 2.05) is 38.4 Å². The van der Waals surface area contributed by atoms with Gasteiger partial charge in [0.25, 0.3) is 0 Å². The summed E-state index contributed by atoms with van der Waals surface area (Å²) in [6, 6.07) is 33.0. The highest BCUT2D eigenvalue weighted by atomic mass is 16.7. The van der Waals surface area contributed by atoms with Gasteiger partial charge in [-0.25, -0.2) is 14.8 Å². The average molecular weight is 957 g/mol. The van der Waals surface area contributed by atoms with Gasteiger partial charge in [-0.3, -0.25) is 4.98 Å². The zero-order valence-corrected chi connectivity index (χ0v) is 43.1. The lowest BCUT2D eigenvalue weighted by Crippen LogP contribution is -2.26. The van der Waals surface area contributed by atoms with Gasteiger partial charge in [0.2, 0.25) is 0 Å². The number of benzene rings is 4. The first-order valence-electron chi connectivity index (χ1n) is 24.4. The minimum absolute atomic E-state index is 0.280. The van der Waals surface area contributed by atoms with Crippen molar-refractivity contribution >= 4 is 69.1 Å². The van der Waals surface area contributed by atoms with Crippen molar-refractivity contribution in [3.8, 4) is 51.7 Å². The average Bonchev–Trinajstić information content (AvgIpc) is 4.19. The van der Waals surface area contributed by atoms with E-state index < -0.39 is 11.8 Å². The molecule has 4 aromatic carbocycles. The Morgan fingerprint density at radius 1 is 0.562 bits per heavy atom. The number of nitrogens with one attached hydrogen (secondary N) is 2. The van der Waals surface area contributed by atoms with Gasteiger partial charge < -0.3 is 24.3 Å². The van der Waals surface area contributed by atoms with E-state index in [9.17, 15) is 4.79 Å². The van der Waals surface area contributed by atoms with Crippen molar-refractivity contribution in [3.63, 3.8) is 0 Å². The Bertz CT molecular complexity index is 3920. The number of hydrogen-bond acceptors (Lipinski definition) is 7. The predicted molar refractivity (Wildman–Crippen MR) is 299 cm³/mol. The van der Waals surface area contributed by atoms with Crippen LogP contribution in [-0.2, 0) is 4.74 Å². The first-order valence-corrected chi connectivity index (χ1v) is 24.4. The fourth-order valence-corrected chi connectivity index (χ4v) is 9.95. The van der Waals surface area contributed by atoms with Gasteiger partial charge in [-0.15, -0.1) is 0 Å². The Kier molecular flexibility index (Phi) is 12.4. The Labute approximate surface area is 426 Å². The smallest absolute Gasteiger partial charge is 0.428 e. The SMILES string of the molecule is Cc1cc(C)c(-c2c3nc(c(C#Cc4ccc(N(C)C)cc4)c4ccc([nH]4)c(-c4c(C)cc(C)cc4C)c4ccc([nH]4)c(C#Cc4ccc(OC(=O)OC(C)(C)C)c5ncccc45)c4nc2C=C4)C=C3)c(C)c1. The maximum Gasteiger partial charge on any atom is 0.514 e. The third-order valence-electron chi connectivity index (χ3n) is 13.0. The summed E-state index contributed by atoms with van der Waals surface area (Å²) in [4.78, 5) is 38.1. The van der Waals surface area contributed by atoms with E-state index in [1.54, 1.807) is 33.0 Å². The summed E-state index contributed by atoms with van der Waals surface area (Å²) in [5, 5.41) is 0.721. The normalized spacial score (nSPS) is 11.8. The van der Waals surface area contributed by atoms with Crippen LogP contribution in [0.15, 0.2) is 103 Å². The molecular formula is C64H56N6O3. The molecule has 2 aliphatic rings. The second kappa shape index (κ2) is 19.0. The molecule has 0 aliphatic carbocycles. The lowest BCUT2D eigenvalue weighted by molar-refractivity contribution is 0.0208. The van der Waals surface area contributed by atoms with Gasteiger partial charge in [-0.1, -0.05) is 59.1 Å². The van der Waals surface area contributed by atoms with Crippen molar-refractivity contribution in [3.05, 3.63) is 182 Å². The fourth-order valence-electron chi connectivity index (χ4n) is 9.95. The fraction of sp³-hybridized carbons (Fsp3) is 0.188. The van der Waals surface area contributed by atoms with E-state index in [0.717, 1.165) is 106 Å². The molecule has 4 aromatic heterocycles. The van der Waals surface area contributed by atoms with Crippen LogP contribution in [0, 0.1) is 65.2 Å². The third kappa shape index (κ3) is 9.66. The number of aromatic nitrogens is 5. The van der Waals surface area contributed by atoms with Crippen molar-refractivity contribution in [1.29, 1.82) is 0 Å². The predicted octanol–water partition coefficient (Wildman–Crippen LogP) is 14.6. The number of ether oxygens (including phenoxy) is 2. The van der Waals surface area contributed by atoms with Crippen LogP contribution in [0.1, 0.15) is 99.2 Å². The molecule has 0 fully saturated rings. The molecule has 9 heteroatoms. The highest BCUT2D eigenvalue weighted by Gasteiger charge is 2.23. The lowest BCUT2D eigenvalue weighted by Gasteiger charge is -2.19. The first-order chi connectivity index (χ1) is 35.0. The zero-order valence-electron chi connectivity index (χ0n) is 43.1. The summed E-state index contributed by atoms with van der Waals surface area (Å²) in [5.74, 6) is 14.4. The summed E-state index contributed by atoms with van der Waals surface area (Å²) in [5.41, 5.74) is 21.4. The molecule has 0 spiro atoms. The number of fused-ring (bicyclic) bond motifs is 9. The van der Waals surface area contributed by atoms with E-state index >= 15 is 0 Å². The van der Waals surface area contributed by atoms with Crippen LogP contribution in [0.25, 0.3) is 79.5 Å². The number of nitrogens with zero attached hydrogens (tertiary/aromatic N) is 4. The van der Waals surface area contributed by atoms with Crippen LogP contribution in [0.4, 0.5) is 10.5 Å². The number of carbonyl (C=O) groups excluding carboxylic acids is 1. The highest BCUT2D eigenvalue weighted by Crippen LogP contribution is 2.39. The molecule has 10 rings (SSSR count). The first kappa shape index (κ1) is 47.7. The molecule has 0 saturated carbocycles. The van der Waals surface area contributed by atoms with Gasteiger partial charge >= 0.3 is 6.16 Å². The van der Waals surface area contributed by atoms with E-state index in [0.29, 0.717) is 22.3 Å². The summed E-state index contributed by atoms with van der Waals surface area (Å²) in [6.07, 6.45) is 9.12. The van der Waals surface area contributed by atoms with E-state index in [-0.39, 0.29) is 5.75 Å². The molecule has 0 unspecified atom stereocenters. The van der Waals surface area contributed by atoms with Crippen LogP contribution < -0.4 is 9.64 Å². The Morgan fingerprint density at radius 3 is 1.60 bits per heavy atom. The molecule has 6 heterocycles. The monoisotopic (exact) mass is 956 g/mol. The quantitative estimate of drug-likeness (QED) is 0.103. The van der Waals surface area contributed by atoms with Crippen LogP contribution in [0.2, 0.25) is 0 Å². The van der Waals surface area contributed by atoms with Crippen molar-refractivity contribution in [2.45, 2.75) is 67.9 Å².